The maximum absolute atomic E-state index is 11.9. The lowest BCUT2D eigenvalue weighted by atomic mass is 10.2. The fourth-order valence-electron chi connectivity index (χ4n) is 1.71. The van der Waals surface area contributed by atoms with Gasteiger partial charge in [-0.15, -0.1) is 0 Å². The molecule has 2 aromatic rings. The van der Waals surface area contributed by atoms with Gasteiger partial charge in [-0.25, -0.2) is 4.79 Å². The van der Waals surface area contributed by atoms with Gasteiger partial charge in [0.25, 0.3) is 0 Å². The summed E-state index contributed by atoms with van der Waals surface area (Å²) >= 11 is 0. The minimum absolute atomic E-state index is 0.0455. The second-order valence-corrected chi connectivity index (χ2v) is 6.08. The van der Waals surface area contributed by atoms with Gasteiger partial charge in [0.05, 0.1) is 13.4 Å². The Bertz CT molecular complexity index is 812. The van der Waals surface area contributed by atoms with Crippen LogP contribution in [0.25, 0.3) is 5.69 Å². The summed E-state index contributed by atoms with van der Waals surface area (Å²) in [5.41, 5.74) is 9.68. The highest BCUT2D eigenvalue weighted by Crippen LogP contribution is 2.23. The quantitative estimate of drug-likeness (QED) is 0.409. The predicted octanol–water partition coefficient (Wildman–Crippen LogP) is 0.441. The van der Waals surface area contributed by atoms with Crippen LogP contribution in [0.15, 0.2) is 42.7 Å². The second-order valence-electron chi connectivity index (χ2n) is 4.51. The molecule has 0 atom stereocenters. The number of nitrogens with zero attached hydrogens (tertiary/aromatic N) is 1. The Kier molecular flexibility index (Phi) is 6.36. The Labute approximate surface area is 139 Å². The zero-order valence-corrected chi connectivity index (χ0v) is 13.9. The summed E-state index contributed by atoms with van der Waals surface area (Å²) < 4.78 is 33.3. The van der Waals surface area contributed by atoms with E-state index in [9.17, 15) is 13.2 Å². The second kappa shape index (κ2) is 8.02. The van der Waals surface area contributed by atoms with Crippen molar-refractivity contribution < 1.29 is 22.1 Å². The predicted molar refractivity (Wildman–Crippen MR) is 88.7 cm³/mol. The third kappa shape index (κ3) is 6.01. The normalized spacial score (nSPS) is 10.2. The van der Waals surface area contributed by atoms with Gasteiger partial charge in [0, 0.05) is 18.1 Å². The number of hydrogen-bond acceptors (Lipinski definition) is 6. The molecule has 0 aliphatic rings. The minimum Gasteiger partial charge on any atom is -0.496 e. The van der Waals surface area contributed by atoms with Crippen LogP contribution < -0.4 is 16.2 Å². The zero-order chi connectivity index (χ0) is 18.3. The first kappa shape index (κ1) is 19.0. The van der Waals surface area contributed by atoms with E-state index in [0.29, 0.717) is 5.69 Å². The van der Waals surface area contributed by atoms with Crippen molar-refractivity contribution in [2.24, 2.45) is 11.5 Å². The molecule has 0 saturated carbocycles. The molecule has 0 aliphatic carbocycles. The first-order valence-electron chi connectivity index (χ1n) is 6.48. The maximum Gasteiger partial charge on any atom is 0.357 e. The lowest BCUT2D eigenvalue weighted by Gasteiger charge is -2.10. The molecular weight excluding hydrogens is 336 g/mol. The summed E-state index contributed by atoms with van der Waals surface area (Å²) in [6.07, 6.45) is 4.41. The molecule has 0 spiro atoms. The number of hydrogen-bond donors (Lipinski definition) is 3. The summed E-state index contributed by atoms with van der Waals surface area (Å²) in [6, 6.07) is 8.49. The van der Waals surface area contributed by atoms with E-state index < -0.39 is 16.1 Å². The molecule has 0 unspecified atom stereocenters. The van der Waals surface area contributed by atoms with Crippen molar-refractivity contribution in [3.8, 4) is 11.4 Å². The van der Waals surface area contributed by atoms with E-state index in [-0.39, 0.29) is 17.3 Å². The van der Waals surface area contributed by atoms with E-state index in [4.69, 9.17) is 10.1 Å². The standard InChI is InChI=1S/C13H13NO5S.CH5N3/c1-18-12-6-5-10(14-7-3-4-8-14)9-11(12)13(15)19-20(2,16)17;2-1(3)4/h3-9H,1-2H3;(H5,2,3,4). The number of nitrogens with one attached hydrogen (secondary N) is 1. The molecule has 0 fully saturated rings. The van der Waals surface area contributed by atoms with Crippen LogP contribution in [-0.2, 0) is 14.3 Å². The first-order valence-corrected chi connectivity index (χ1v) is 8.30. The molecule has 0 aliphatic heterocycles. The number of ether oxygens (including phenoxy) is 1. The van der Waals surface area contributed by atoms with Gasteiger partial charge in [-0.3, -0.25) is 5.41 Å². The van der Waals surface area contributed by atoms with E-state index in [2.05, 4.69) is 15.7 Å². The molecule has 5 N–H and O–H groups in total. The Morgan fingerprint density at radius 3 is 2.21 bits per heavy atom. The van der Waals surface area contributed by atoms with Crippen LogP contribution in [0.3, 0.4) is 0 Å². The van der Waals surface area contributed by atoms with Crippen molar-refractivity contribution in [2.75, 3.05) is 13.4 Å². The number of rotatable bonds is 4. The van der Waals surface area contributed by atoms with Gasteiger partial charge in [0.1, 0.15) is 11.3 Å². The van der Waals surface area contributed by atoms with Crippen molar-refractivity contribution in [3.05, 3.63) is 48.3 Å². The lowest BCUT2D eigenvalue weighted by Crippen LogP contribution is -2.20. The smallest absolute Gasteiger partial charge is 0.357 e. The van der Waals surface area contributed by atoms with Gasteiger partial charge in [0.2, 0.25) is 0 Å². The molecule has 10 heteroatoms. The molecular formula is C14H18N4O5S. The van der Waals surface area contributed by atoms with Gasteiger partial charge in [0.15, 0.2) is 5.96 Å². The number of carbonyl (C=O) groups is 1. The lowest BCUT2D eigenvalue weighted by molar-refractivity contribution is 0.0745. The first-order chi connectivity index (χ1) is 11.1. The fourth-order valence-corrected chi connectivity index (χ4v) is 2.07. The number of aromatic nitrogens is 1. The van der Waals surface area contributed by atoms with Crippen LogP contribution >= 0.6 is 0 Å². The van der Waals surface area contributed by atoms with Crippen LogP contribution in [0.4, 0.5) is 0 Å². The average Bonchev–Trinajstić information content (AvgIpc) is 2.98. The number of carbonyl (C=O) groups excluding carboxylic acids is 1. The molecule has 9 nitrogen and oxygen atoms in total. The number of guanidine groups is 1. The fraction of sp³-hybridized carbons (Fsp3) is 0.143. The van der Waals surface area contributed by atoms with Crippen molar-refractivity contribution >= 4 is 22.0 Å². The highest BCUT2D eigenvalue weighted by Gasteiger charge is 2.19. The third-order valence-electron chi connectivity index (χ3n) is 2.53. The van der Waals surface area contributed by atoms with Crippen LogP contribution in [0.1, 0.15) is 10.4 Å². The number of benzene rings is 1. The maximum atomic E-state index is 11.9. The molecule has 0 amide bonds. The summed E-state index contributed by atoms with van der Waals surface area (Å²) in [5.74, 6) is -1.06. The van der Waals surface area contributed by atoms with E-state index in [0.717, 1.165) is 6.26 Å². The van der Waals surface area contributed by atoms with Crippen LogP contribution in [0.5, 0.6) is 5.75 Å². The molecule has 24 heavy (non-hydrogen) atoms. The molecule has 1 heterocycles. The monoisotopic (exact) mass is 354 g/mol. The number of methoxy groups -OCH3 is 1. The van der Waals surface area contributed by atoms with Crippen molar-refractivity contribution in [1.82, 2.24) is 4.57 Å². The highest BCUT2D eigenvalue weighted by molar-refractivity contribution is 7.86. The van der Waals surface area contributed by atoms with Crippen molar-refractivity contribution in [2.45, 2.75) is 0 Å². The van der Waals surface area contributed by atoms with Crippen molar-refractivity contribution in [1.29, 1.82) is 5.41 Å². The molecule has 1 aromatic carbocycles. The zero-order valence-electron chi connectivity index (χ0n) is 13.1. The third-order valence-corrected chi connectivity index (χ3v) is 2.99. The Morgan fingerprint density at radius 2 is 1.75 bits per heavy atom. The van der Waals surface area contributed by atoms with E-state index >= 15 is 0 Å². The Hall–Kier alpha value is -3.01. The average molecular weight is 354 g/mol. The van der Waals surface area contributed by atoms with Crippen LogP contribution in [0, 0.1) is 5.41 Å². The summed E-state index contributed by atoms with van der Waals surface area (Å²) in [5, 5.41) is 6.06. The summed E-state index contributed by atoms with van der Waals surface area (Å²) in [7, 11) is -2.48. The Balaban J connectivity index is 0.000000648. The van der Waals surface area contributed by atoms with E-state index in [1.54, 1.807) is 29.1 Å². The summed E-state index contributed by atoms with van der Waals surface area (Å²) in [4.78, 5) is 11.9. The molecule has 130 valence electrons. The number of nitrogens with two attached hydrogens (primary N) is 2. The van der Waals surface area contributed by atoms with Crippen LogP contribution in [-0.4, -0.2) is 38.3 Å². The SMILES string of the molecule is COc1ccc(-n2cccc2)cc1C(=O)OS(C)(=O)=O.N=C(N)N. The Morgan fingerprint density at radius 1 is 1.21 bits per heavy atom. The van der Waals surface area contributed by atoms with E-state index in [1.807, 2.05) is 12.1 Å². The minimum atomic E-state index is -3.88. The molecule has 1 aromatic heterocycles. The van der Waals surface area contributed by atoms with Gasteiger partial charge >= 0.3 is 16.1 Å². The summed E-state index contributed by atoms with van der Waals surface area (Å²) in [6.45, 7) is 0. The molecule has 0 bridgehead atoms. The molecule has 2 rings (SSSR count). The highest BCUT2D eigenvalue weighted by atomic mass is 32.2. The molecule has 0 radical (unpaired) electrons. The van der Waals surface area contributed by atoms with Gasteiger partial charge in [-0.05, 0) is 30.3 Å². The largest absolute Gasteiger partial charge is 0.496 e. The van der Waals surface area contributed by atoms with Crippen molar-refractivity contribution in [3.63, 3.8) is 0 Å². The topological polar surface area (TPSA) is 150 Å². The van der Waals surface area contributed by atoms with Crippen LogP contribution in [0.2, 0.25) is 0 Å². The van der Waals surface area contributed by atoms with E-state index in [1.165, 1.54) is 13.2 Å². The van der Waals surface area contributed by atoms with Gasteiger partial charge in [-0.1, -0.05) is 0 Å². The van der Waals surface area contributed by atoms with Gasteiger partial charge < -0.3 is 25.0 Å². The molecule has 0 saturated heterocycles. The van der Waals surface area contributed by atoms with Gasteiger partial charge in [-0.2, -0.15) is 8.42 Å².